The van der Waals surface area contributed by atoms with Crippen LogP contribution in [0.15, 0.2) is 42.5 Å². The summed E-state index contributed by atoms with van der Waals surface area (Å²) in [4.78, 5) is 4.40. The summed E-state index contributed by atoms with van der Waals surface area (Å²) in [6.45, 7) is 2.61. The smallest absolute Gasteiger partial charge is 0.126 e. The fourth-order valence-corrected chi connectivity index (χ4v) is 2.08. The van der Waals surface area contributed by atoms with Gasteiger partial charge in [-0.1, -0.05) is 29.8 Å². The van der Waals surface area contributed by atoms with Crippen LogP contribution in [0.2, 0.25) is 5.02 Å². The zero-order valence-corrected chi connectivity index (χ0v) is 11.8. The van der Waals surface area contributed by atoms with Crippen molar-refractivity contribution in [3.05, 3.63) is 58.7 Å². The molecule has 0 fully saturated rings. The predicted octanol–water partition coefficient (Wildman–Crippen LogP) is 3.84. The molecule has 1 unspecified atom stereocenters. The van der Waals surface area contributed by atoms with E-state index in [1.54, 1.807) is 7.11 Å². The van der Waals surface area contributed by atoms with Crippen LogP contribution in [0.3, 0.4) is 0 Å². The normalized spacial score (nSPS) is 12.2. The van der Waals surface area contributed by atoms with Crippen LogP contribution in [0.4, 0.5) is 5.82 Å². The third-order valence-corrected chi connectivity index (χ3v) is 3.10. The minimum atomic E-state index is -0.0546. The zero-order valence-electron chi connectivity index (χ0n) is 11.1. The highest BCUT2D eigenvalue weighted by atomic mass is 35.5. The highest BCUT2D eigenvalue weighted by Crippen LogP contribution is 2.20. The number of halogens is 1. The number of ether oxygens (including phenoxy) is 1. The van der Waals surface area contributed by atoms with Crippen LogP contribution in [-0.4, -0.2) is 18.6 Å². The van der Waals surface area contributed by atoms with Gasteiger partial charge in [0.15, 0.2) is 0 Å². The maximum Gasteiger partial charge on any atom is 0.126 e. The van der Waals surface area contributed by atoms with Crippen molar-refractivity contribution in [2.24, 2.45) is 0 Å². The van der Waals surface area contributed by atoms with Gasteiger partial charge < -0.3 is 10.1 Å². The molecule has 0 aliphatic carbocycles. The maximum atomic E-state index is 6.00. The summed E-state index contributed by atoms with van der Waals surface area (Å²) in [7, 11) is 1.69. The van der Waals surface area contributed by atoms with Gasteiger partial charge in [-0.15, -0.1) is 0 Å². The van der Waals surface area contributed by atoms with Crippen LogP contribution in [0.5, 0.6) is 0 Å². The number of hydrogen-bond donors (Lipinski definition) is 1. The molecule has 3 nitrogen and oxygen atoms in total. The molecule has 1 aromatic heterocycles. The van der Waals surface area contributed by atoms with Gasteiger partial charge in [0.25, 0.3) is 0 Å². The number of aryl methyl sites for hydroxylation is 1. The third-order valence-electron chi connectivity index (χ3n) is 2.86. The molecule has 0 amide bonds. The van der Waals surface area contributed by atoms with Crippen molar-refractivity contribution in [2.75, 3.05) is 19.0 Å². The van der Waals surface area contributed by atoms with Crippen LogP contribution in [0.1, 0.15) is 17.4 Å². The molecule has 1 aromatic carbocycles. The Morgan fingerprint density at radius 1 is 1.26 bits per heavy atom. The molecule has 0 saturated carbocycles. The van der Waals surface area contributed by atoms with E-state index in [0.29, 0.717) is 11.6 Å². The Kier molecular flexibility index (Phi) is 4.77. The molecule has 0 saturated heterocycles. The van der Waals surface area contributed by atoms with Gasteiger partial charge in [-0.05, 0) is 36.8 Å². The predicted molar refractivity (Wildman–Crippen MR) is 78.7 cm³/mol. The van der Waals surface area contributed by atoms with E-state index in [2.05, 4.69) is 10.3 Å². The second kappa shape index (κ2) is 6.55. The molecule has 2 rings (SSSR count). The van der Waals surface area contributed by atoms with Crippen molar-refractivity contribution in [2.45, 2.75) is 13.0 Å². The van der Waals surface area contributed by atoms with Crippen molar-refractivity contribution in [3.63, 3.8) is 0 Å². The van der Waals surface area contributed by atoms with E-state index >= 15 is 0 Å². The maximum absolute atomic E-state index is 6.00. The molecule has 4 heteroatoms. The minimum absolute atomic E-state index is 0.0546. The zero-order chi connectivity index (χ0) is 13.7. The molecule has 100 valence electrons. The molecule has 1 N–H and O–H groups in total. The Morgan fingerprint density at radius 2 is 2.05 bits per heavy atom. The fourth-order valence-electron chi connectivity index (χ4n) is 1.88. The largest absolute Gasteiger partial charge is 0.375 e. The summed E-state index contributed by atoms with van der Waals surface area (Å²) < 4.78 is 5.49. The van der Waals surface area contributed by atoms with Crippen LogP contribution in [0, 0.1) is 6.92 Å². The molecular formula is C15H17ClN2O. The van der Waals surface area contributed by atoms with Crippen molar-refractivity contribution < 1.29 is 4.74 Å². The Labute approximate surface area is 118 Å². The van der Waals surface area contributed by atoms with Gasteiger partial charge >= 0.3 is 0 Å². The van der Waals surface area contributed by atoms with Gasteiger partial charge in [0.1, 0.15) is 5.82 Å². The summed E-state index contributed by atoms with van der Waals surface area (Å²) in [5.74, 6) is 0.851. The fraction of sp³-hybridized carbons (Fsp3) is 0.267. The first-order chi connectivity index (χ1) is 9.19. The van der Waals surface area contributed by atoms with E-state index in [1.165, 1.54) is 0 Å². The van der Waals surface area contributed by atoms with E-state index in [-0.39, 0.29) is 6.10 Å². The van der Waals surface area contributed by atoms with E-state index in [0.717, 1.165) is 17.1 Å². The molecule has 0 aliphatic rings. The summed E-state index contributed by atoms with van der Waals surface area (Å²) >= 11 is 6.00. The van der Waals surface area contributed by atoms with Gasteiger partial charge in [-0.2, -0.15) is 0 Å². The van der Waals surface area contributed by atoms with Crippen molar-refractivity contribution in [1.29, 1.82) is 0 Å². The number of aromatic nitrogens is 1. The van der Waals surface area contributed by atoms with Crippen molar-refractivity contribution >= 4 is 17.4 Å². The number of nitrogens with zero attached hydrogens (tertiary/aromatic N) is 1. The van der Waals surface area contributed by atoms with Gasteiger partial charge in [-0.3, -0.25) is 0 Å². The lowest BCUT2D eigenvalue weighted by Gasteiger charge is -2.17. The number of methoxy groups -OCH3 is 1. The summed E-state index contributed by atoms with van der Waals surface area (Å²) in [6, 6.07) is 13.6. The Hall–Kier alpha value is -1.58. The van der Waals surface area contributed by atoms with E-state index < -0.39 is 0 Å². The Morgan fingerprint density at radius 3 is 2.74 bits per heavy atom. The molecule has 2 aromatic rings. The van der Waals surface area contributed by atoms with Gasteiger partial charge in [0.2, 0.25) is 0 Å². The SMILES string of the molecule is COC(CNc1cccc(C)n1)c1cccc(Cl)c1. The van der Waals surface area contributed by atoms with Crippen LogP contribution < -0.4 is 5.32 Å². The quantitative estimate of drug-likeness (QED) is 0.901. The number of nitrogens with one attached hydrogen (secondary N) is 1. The number of rotatable bonds is 5. The van der Waals surface area contributed by atoms with Gasteiger partial charge in [0.05, 0.1) is 6.10 Å². The monoisotopic (exact) mass is 276 g/mol. The van der Waals surface area contributed by atoms with Gasteiger partial charge in [-0.25, -0.2) is 4.98 Å². The molecule has 1 atom stereocenters. The number of anilines is 1. The number of pyridine rings is 1. The Bertz CT molecular complexity index is 545. The van der Waals surface area contributed by atoms with E-state index in [4.69, 9.17) is 16.3 Å². The molecule has 0 radical (unpaired) electrons. The van der Waals surface area contributed by atoms with E-state index in [9.17, 15) is 0 Å². The molecular weight excluding hydrogens is 260 g/mol. The molecule has 0 aliphatic heterocycles. The second-order valence-corrected chi connectivity index (χ2v) is 4.76. The van der Waals surface area contributed by atoms with Crippen LogP contribution in [0.25, 0.3) is 0 Å². The standard InChI is InChI=1S/C15H17ClN2O/c1-11-5-3-8-15(18-11)17-10-14(19-2)12-6-4-7-13(16)9-12/h3-9,14H,10H2,1-2H3,(H,17,18). The lowest BCUT2D eigenvalue weighted by Crippen LogP contribution is -2.15. The van der Waals surface area contributed by atoms with Crippen LogP contribution >= 0.6 is 11.6 Å². The first-order valence-corrected chi connectivity index (χ1v) is 6.52. The van der Waals surface area contributed by atoms with Crippen molar-refractivity contribution in [3.8, 4) is 0 Å². The molecule has 1 heterocycles. The highest BCUT2D eigenvalue weighted by molar-refractivity contribution is 6.30. The lowest BCUT2D eigenvalue weighted by atomic mass is 10.1. The third kappa shape index (κ3) is 3.94. The average Bonchev–Trinajstić information content (AvgIpc) is 2.40. The molecule has 19 heavy (non-hydrogen) atoms. The van der Waals surface area contributed by atoms with Gasteiger partial charge in [0, 0.05) is 24.4 Å². The molecule has 0 bridgehead atoms. The minimum Gasteiger partial charge on any atom is -0.375 e. The van der Waals surface area contributed by atoms with Crippen LogP contribution in [-0.2, 0) is 4.74 Å². The summed E-state index contributed by atoms with van der Waals surface area (Å²) in [5.41, 5.74) is 2.04. The molecule has 0 spiro atoms. The van der Waals surface area contributed by atoms with E-state index in [1.807, 2.05) is 49.4 Å². The topological polar surface area (TPSA) is 34.1 Å². The summed E-state index contributed by atoms with van der Waals surface area (Å²) in [5, 5.41) is 3.99. The number of benzene rings is 1. The number of hydrogen-bond acceptors (Lipinski definition) is 3. The summed E-state index contributed by atoms with van der Waals surface area (Å²) in [6.07, 6.45) is -0.0546. The average molecular weight is 277 g/mol. The first-order valence-electron chi connectivity index (χ1n) is 6.15. The lowest BCUT2D eigenvalue weighted by molar-refractivity contribution is 0.114. The second-order valence-electron chi connectivity index (χ2n) is 4.32. The highest BCUT2D eigenvalue weighted by Gasteiger charge is 2.10. The van der Waals surface area contributed by atoms with Crippen molar-refractivity contribution in [1.82, 2.24) is 4.98 Å². The Balaban J connectivity index is 2.04. The first kappa shape index (κ1) is 13.8.